The van der Waals surface area contributed by atoms with Gasteiger partial charge < -0.3 is 9.32 Å². The maximum atomic E-state index is 13.1. The Kier molecular flexibility index (Phi) is 5.53. The summed E-state index contributed by atoms with van der Waals surface area (Å²) in [5, 5.41) is -0.143. The number of hydrogen-bond donors (Lipinski definition) is 0. The quantitative estimate of drug-likeness (QED) is 0.750. The fraction of sp³-hybridized carbons (Fsp3) is 0.500. The number of benzene rings is 1. The van der Waals surface area contributed by atoms with Crippen molar-refractivity contribution in [2.45, 2.75) is 57.0 Å². The SMILES string of the molecule is CC(C)c1ccc2c(c1)CCCN2C(=O)c1ccc(S(=O)(=O)N2CCCCC2)o1. The Morgan fingerprint density at radius 2 is 1.76 bits per heavy atom. The number of furan rings is 1. The number of hydrogen-bond acceptors (Lipinski definition) is 4. The summed E-state index contributed by atoms with van der Waals surface area (Å²) in [6.45, 7) is 5.91. The first-order chi connectivity index (χ1) is 13.9. The number of rotatable bonds is 4. The van der Waals surface area contributed by atoms with Crippen LogP contribution in [-0.4, -0.2) is 38.3 Å². The highest BCUT2D eigenvalue weighted by Crippen LogP contribution is 2.32. The minimum absolute atomic E-state index is 0.0707. The van der Waals surface area contributed by atoms with Crippen molar-refractivity contribution in [1.82, 2.24) is 4.31 Å². The van der Waals surface area contributed by atoms with Gasteiger partial charge in [-0.05, 0) is 60.9 Å². The van der Waals surface area contributed by atoms with Crippen molar-refractivity contribution in [2.24, 2.45) is 0 Å². The van der Waals surface area contributed by atoms with Gasteiger partial charge in [0.15, 0.2) is 5.76 Å². The Morgan fingerprint density at radius 1 is 1.00 bits per heavy atom. The summed E-state index contributed by atoms with van der Waals surface area (Å²) in [7, 11) is -3.69. The van der Waals surface area contributed by atoms with Gasteiger partial charge in [-0.2, -0.15) is 4.31 Å². The van der Waals surface area contributed by atoms with E-state index in [9.17, 15) is 13.2 Å². The van der Waals surface area contributed by atoms with Crippen molar-refractivity contribution < 1.29 is 17.6 Å². The molecule has 1 aromatic heterocycles. The standard InChI is InChI=1S/C22H28N2O4S/c1-16(2)17-8-9-19-18(15-17)7-6-14-24(19)22(25)20-10-11-21(28-20)29(26,27)23-12-4-3-5-13-23/h8-11,15-16H,3-7,12-14H2,1-2H3. The Balaban J connectivity index is 1.59. The first-order valence-corrected chi connectivity index (χ1v) is 11.9. The Labute approximate surface area is 172 Å². The number of nitrogens with zero attached hydrogens (tertiary/aromatic N) is 2. The van der Waals surface area contributed by atoms with Crippen LogP contribution >= 0.6 is 0 Å². The van der Waals surface area contributed by atoms with E-state index >= 15 is 0 Å². The number of sulfonamides is 1. The number of carbonyl (C=O) groups is 1. The lowest BCUT2D eigenvalue weighted by atomic mass is 9.94. The lowest BCUT2D eigenvalue weighted by Gasteiger charge is -2.29. The summed E-state index contributed by atoms with van der Waals surface area (Å²) in [4.78, 5) is 14.8. The van der Waals surface area contributed by atoms with Gasteiger partial charge in [-0.15, -0.1) is 0 Å². The molecule has 3 heterocycles. The number of piperidine rings is 1. The molecule has 1 aromatic carbocycles. The molecule has 7 heteroatoms. The number of fused-ring (bicyclic) bond motifs is 1. The largest absolute Gasteiger partial charge is 0.438 e. The summed E-state index contributed by atoms with van der Waals surface area (Å²) in [6.07, 6.45) is 4.57. The highest BCUT2D eigenvalue weighted by molar-refractivity contribution is 7.89. The molecular weight excluding hydrogens is 388 g/mol. The Hall–Kier alpha value is -2.12. The lowest BCUT2D eigenvalue weighted by molar-refractivity contribution is 0.0953. The molecule has 4 rings (SSSR count). The molecule has 6 nitrogen and oxygen atoms in total. The second-order valence-corrected chi connectivity index (χ2v) is 10.1. The average Bonchev–Trinajstić information content (AvgIpc) is 3.24. The normalized spacial score (nSPS) is 18.1. The zero-order chi connectivity index (χ0) is 20.6. The van der Waals surface area contributed by atoms with E-state index in [2.05, 4.69) is 26.0 Å². The van der Waals surface area contributed by atoms with Crippen molar-refractivity contribution in [3.8, 4) is 0 Å². The van der Waals surface area contributed by atoms with Crippen molar-refractivity contribution in [3.63, 3.8) is 0 Å². The number of amides is 1. The third-order valence-corrected chi connectivity index (χ3v) is 7.61. The molecule has 2 aromatic rings. The van der Waals surface area contributed by atoms with Crippen LogP contribution in [0.1, 0.15) is 67.1 Å². The van der Waals surface area contributed by atoms with Gasteiger partial charge in [0.1, 0.15) is 0 Å². The fourth-order valence-electron chi connectivity index (χ4n) is 4.13. The van der Waals surface area contributed by atoms with E-state index in [1.165, 1.54) is 22.0 Å². The molecule has 1 fully saturated rings. The molecule has 1 saturated heterocycles. The highest BCUT2D eigenvalue weighted by atomic mass is 32.2. The molecule has 0 bridgehead atoms. The molecule has 2 aliphatic heterocycles. The summed E-state index contributed by atoms with van der Waals surface area (Å²) in [6, 6.07) is 9.12. The van der Waals surface area contributed by atoms with Crippen LogP contribution in [0.2, 0.25) is 0 Å². The number of carbonyl (C=O) groups excluding carboxylic acids is 1. The van der Waals surface area contributed by atoms with Crippen LogP contribution in [0.4, 0.5) is 5.69 Å². The van der Waals surface area contributed by atoms with Crippen LogP contribution in [0.5, 0.6) is 0 Å². The van der Waals surface area contributed by atoms with E-state index in [0.29, 0.717) is 25.6 Å². The minimum Gasteiger partial charge on any atom is -0.438 e. The van der Waals surface area contributed by atoms with Crippen LogP contribution in [0.25, 0.3) is 0 Å². The zero-order valence-corrected chi connectivity index (χ0v) is 17.9. The van der Waals surface area contributed by atoms with Gasteiger partial charge in [-0.1, -0.05) is 32.4 Å². The van der Waals surface area contributed by atoms with E-state index in [1.54, 1.807) is 4.90 Å². The second-order valence-electron chi connectivity index (χ2n) is 8.19. The van der Waals surface area contributed by atoms with E-state index in [1.807, 2.05) is 6.07 Å². The topological polar surface area (TPSA) is 70.8 Å². The smallest absolute Gasteiger partial charge is 0.294 e. The molecule has 2 aliphatic rings. The predicted octanol–water partition coefficient (Wildman–Crippen LogP) is 4.17. The van der Waals surface area contributed by atoms with Crippen LogP contribution < -0.4 is 4.90 Å². The third kappa shape index (κ3) is 3.85. The van der Waals surface area contributed by atoms with Gasteiger partial charge in [0.25, 0.3) is 15.9 Å². The van der Waals surface area contributed by atoms with Gasteiger partial charge in [0.2, 0.25) is 5.09 Å². The van der Waals surface area contributed by atoms with Crippen LogP contribution in [0.3, 0.4) is 0 Å². The van der Waals surface area contributed by atoms with Gasteiger partial charge in [-0.3, -0.25) is 4.79 Å². The number of anilines is 1. The van der Waals surface area contributed by atoms with Crippen LogP contribution in [-0.2, 0) is 16.4 Å². The molecule has 0 radical (unpaired) electrons. The van der Waals surface area contributed by atoms with Crippen LogP contribution in [0.15, 0.2) is 39.8 Å². The minimum atomic E-state index is -3.69. The van der Waals surface area contributed by atoms with Crippen molar-refractivity contribution in [3.05, 3.63) is 47.2 Å². The molecule has 29 heavy (non-hydrogen) atoms. The Bertz CT molecular complexity index is 1000. The maximum Gasteiger partial charge on any atom is 0.294 e. The Morgan fingerprint density at radius 3 is 2.48 bits per heavy atom. The monoisotopic (exact) mass is 416 g/mol. The van der Waals surface area contributed by atoms with Crippen molar-refractivity contribution in [2.75, 3.05) is 24.5 Å². The molecule has 0 saturated carbocycles. The van der Waals surface area contributed by atoms with E-state index in [-0.39, 0.29) is 16.8 Å². The molecule has 0 atom stereocenters. The highest BCUT2D eigenvalue weighted by Gasteiger charge is 2.31. The fourth-order valence-corrected chi connectivity index (χ4v) is 5.55. The molecule has 0 spiro atoms. The van der Waals surface area contributed by atoms with Gasteiger partial charge in [0, 0.05) is 25.3 Å². The van der Waals surface area contributed by atoms with E-state index < -0.39 is 10.0 Å². The molecule has 156 valence electrons. The molecular formula is C22H28N2O4S. The molecule has 0 N–H and O–H groups in total. The average molecular weight is 417 g/mol. The summed E-state index contributed by atoms with van der Waals surface area (Å²) in [5.41, 5.74) is 3.30. The van der Waals surface area contributed by atoms with Gasteiger partial charge >= 0.3 is 0 Å². The first-order valence-electron chi connectivity index (χ1n) is 10.4. The summed E-state index contributed by atoms with van der Waals surface area (Å²) >= 11 is 0. The molecule has 0 unspecified atom stereocenters. The third-order valence-electron chi connectivity index (χ3n) is 5.84. The summed E-state index contributed by atoms with van der Waals surface area (Å²) < 4.78 is 32.6. The van der Waals surface area contributed by atoms with Crippen molar-refractivity contribution in [1.29, 1.82) is 0 Å². The van der Waals surface area contributed by atoms with Gasteiger partial charge in [-0.25, -0.2) is 8.42 Å². The van der Waals surface area contributed by atoms with E-state index in [0.717, 1.165) is 43.4 Å². The van der Waals surface area contributed by atoms with Gasteiger partial charge in [0.05, 0.1) is 0 Å². The van der Waals surface area contributed by atoms with E-state index in [4.69, 9.17) is 4.42 Å². The zero-order valence-electron chi connectivity index (χ0n) is 17.1. The lowest BCUT2D eigenvalue weighted by Crippen LogP contribution is -2.36. The second kappa shape index (κ2) is 7.95. The predicted molar refractivity (Wildman–Crippen MR) is 112 cm³/mol. The molecule has 1 amide bonds. The van der Waals surface area contributed by atoms with Crippen LogP contribution in [0, 0.1) is 0 Å². The maximum absolute atomic E-state index is 13.1. The number of aryl methyl sites for hydroxylation is 1. The molecule has 0 aliphatic carbocycles. The first kappa shape index (κ1) is 20.2. The van der Waals surface area contributed by atoms with Crippen molar-refractivity contribution >= 4 is 21.6 Å². The summed E-state index contributed by atoms with van der Waals surface area (Å²) in [5.74, 6) is 0.212.